The number of methoxy groups -OCH3 is 1. The SMILES string of the molecule is COc1[c-]cc(CC(C)OC(C)=O)cc1.[Cl-].[Zn+2]. The first-order valence-corrected chi connectivity index (χ1v) is 4.83. The molecule has 0 fully saturated rings. The van der Waals surface area contributed by atoms with E-state index in [1.807, 2.05) is 25.1 Å². The van der Waals surface area contributed by atoms with Gasteiger partial charge in [-0.25, -0.2) is 0 Å². The van der Waals surface area contributed by atoms with Crippen molar-refractivity contribution in [1.82, 2.24) is 0 Å². The molecule has 17 heavy (non-hydrogen) atoms. The monoisotopic (exact) mass is 306 g/mol. The molecular formula is C12H15ClO3Zn. The maximum Gasteiger partial charge on any atom is 2.00 e. The van der Waals surface area contributed by atoms with E-state index in [0.29, 0.717) is 12.2 Å². The van der Waals surface area contributed by atoms with Crippen LogP contribution in [0.4, 0.5) is 0 Å². The molecule has 1 unspecified atom stereocenters. The molecule has 0 saturated carbocycles. The Balaban J connectivity index is 0. The van der Waals surface area contributed by atoms with E-state index in [2.05, 4.69) is 6.07 Å². The summed E-state index contributed by atoms with van der Waals surface area (Å²) in [5, 5.41) is 0. The minimum absolute atomic E-state index is 0. The van der Waals surface area contributed by atoms with Crippen molar-refractivity contribution in [3.05, 3.63) is 29.8 Å². The predicted octanol–water partition coefficient (Wildman–Crippen LogP) is -1.01. The number of carbonyl (C=O) groups is 1. The molecule has 1 aromatic rings. The zero-order valence-corrected chi connectivity index (χ0v) is 14.0. The summed E-state index contributed by atoms with van der Waals surface area (Å²) in [6, 6.07) is 8.61. The van der Waals surface area contributed by atoms with Crippen LogP contribution in [0.2, 0.25) is 0 Å². The quantitative estimate of drug-likeness (QED) is 0.406. The molecule has 90 valence electrons. The number of halogens is 1. The smallest absolute Gasteiger partial charge is 1.00 e. The molecule has 0 amide bonds. The summed E-state index contributed by atoms with van der Waals surface area (Å²) in [5.41, 5.74) is 1.07. The Morgan fingerprint density at radius 3 is 2.53 bits per heavy atom. The number of carbonyl (C=O) groups excluding carboxylic acids is 1. The third-order valence-electron chi connectivity index (χ3n) is 1.96. The third kappa shape index (κ3) is 7.35. The second-order valence-electron chi connectivity index (χ2n) is 3.39. The van der Waals surface area contributed by atoms with Crippen molar-refractivity contribution in [2.75, 3.05) is 7.11 Å². The Labute approximate surface area is 121 Å². The molecule has 1 aromatic carbocycles. The van der Waals surface area contributed by atoms with E-state index < -0.39 is 0 Å². The fourth-order valence-electron chi connectivity index (χ4n) is 1.35. The fourth-order valence-corrected chi connectivity index (χ4v) is 1.35. The van der Waals surface area contributed by atoms with Crippen molar-refractivity contribution in [2.24, 2.45) is 0 Å². The number of ether oxygens (including phenoxy) is 2. The third-order valence-corrected chi connectivity index (χ3v) is 1.96. The van der Waals surface area contributed by atoms with E-state index in [4.69, 9.17) is 9.47 Å². The van der Waals surface area contributed by atoms with E-state index in [1.54, 1.807) is 7.11 Å². The van der Waals surface area contributed by atoms with Crippen molar-refractivity contribution in [3.63, 3.8) is 0 Å². The molecule has 3 nitrogen and oxygen atoms in total. The van der Waals surface area contributed by atoms with E-state index >= 15 is 0 Å². The normalized spacial score (nSPS) is 10.5. The van der Waals surface area contributed by atoms with Crippen molar-refractivity contribution in [1.29, 1.82) is 0 Å². The maximum absolute atomic E-state index is 10.7. The van der Waals surface area contributed by atoms with Gasteiger partial charge in [-0.1, -0.05) is 0 Å². The molecule has 0 heterocycles. The number of benzene rings is 1. The summed E-state index contributed by atoms with van der Waals surface area (Å²) in [4.78, 5) is 10.7. The molecule has 0 aromatic heterocycles. The summed E-state index contributed by atoms with van der Waals surface area (Å²) in [5.74, 6) is 0.457. The zero-order chi connectivity index (χ0) is 11.3. The van der Waals surface area contributed by atoms with Crippen molar-refractivity contribution < 1.29 is 46.2 Å². The second-order valence-corrected chi connectivity index (χ2v) is 3.39. The van der Waals surface area contributed by atoms with Gasteiger partial charge in [-0.2, -0.15) is 17.7 Å². The van der Waals surface area contributed by atoms with Gasteiger partial charge in [0.2, 0.25) is 0 Å². The predicted molar refractivity (Wildman–Crippen MR) is 56.8 cm³/mol. The molecule has 0 radical (unpaired) electrons. The van der Waals surface area contributed by atoms with Gasteiger partial charge < -0.3 is 21.9 Å². The summed E-state index contributed by atoms with van der Waals surface area (Å²) in [7, 11) is 1.60. The molecule has 1 rings (SSSR count). The van der Waals surface area contributed by atoms with Crippen LogP contribution < -0.4 is 17.1 Å². The van der Waals surface area contributed by atoms with Crippen molar-refractivity contribution in [2.45, 2.75) is 26.4 Å². The Bertz CT molecular complexity index is 327. The van der Waals surface area contributed by atoms with Gasteiger partial charge in [-0.3, -0.25) is 4.79 Å². The molecule has 5 heteroatoms. The van der Waals surface area contributed by atoms with Crippen LogP contribution in [0, 0.1) is 6.07 Å². The van der Waals surface area contributed by atoms with E-state index in [1.165, 1.54) is 6.92 Å². The van der Waals surface area contributed by atoms with Gasteiger partial charge >= 0.3 is 25.4 Å². The summed E-state index contributed by atoms with van der Waals surface area (Å²) in [6.45, 7) is 3.28. The van der Waals surface area contributed by atoms with E-state index in [0.717, 1.165) is 5.56 Å². The van der Waals surface area contributed by atoms with Gasteiger partial charge in [-0.15, -0.1) is 12.1 Å². The molecule has 0 aliphatic heterocycles. The minimum atomic E-state index is -0.250. The first kappa shape index (κ1) is 18.8. The Morgan fingerprint density at radius 1 is 1.47 bits per heavy atom. The molecule has 0 spiro atoms. The van der Waals surface area contributed by atoms with Crippen LogP contribution in [-0.4, -0.2) is 19.2 Å². The van der Waals surface area contributed by atoms with Crippen LogP contribution >= 0.6 is 0 Å². The summed E-state index contributed by atoms with van der Waals surface area (Å²) < 4.78 is 10.0. The summed E-state index contributed by atoms with van der Waals surface area (Å²) >= 11 is 0. The van der Waals surface area contributed by atoms with E-state index in [9.17, 15) is 4.79 Å². The molecule has 0 aliphatic rings. The van der Waals surface area contributed by atoms with Gasteiger partial charge in [0.25, 0.3) is 0 Å². The van der Waals surface area contributed by atoms with Gasteiger partial charge in [0.05, 0.1) is 13.2 Å². The second kappa shape index (κ2) is 9.44. The molecular weight excluding hydrogens is 293 g/mol. The molecule has 0 bridgehead atoms. The Hall–Kier alpha value is -0.597. The summed E-state index contributed by atoms with van der Waals surface area (Å²) in [6.07, 6.45) is 0.587. The number of rotatable bonds is 4. The minimum Gasteiger partial charge on any atom is -1.00 e. The molecule has 0 aliphatic carbocycles. The van der Waals surface area contributed by atoms with Gasteiger partial charge in [-0.05, 0) is 13.3 Å². The maximum atomic E-state index is 10.7. The Morgan fingerprint density at radius 2 is 2.12 bits per heavy atom. The van der Waals surface area contributed by atoms with Crippen LogP contribution in [-0.2, 0) is 35.4 Å². The number of hydrogen-bond donors (Lipinski definition) is 0. The van der Waals surface area contributed by atoms with Crippen LogP contribution in [0.3, 0.4) is 0 Å². The number of hydrogen-bond acceptors (Lipinski definition) is 3. The van der Waals surface area contributed by atoms with Crippen LogP contribution in [0.1, 0.15) is 19.4 Å². The Kier molecular flexibility index (Phi) is 10.4. The first-order chi connectivity index (χ1) is 7.11. The van der Waals surface area contributed by atoms with Gasteiger partial charge in [0.15, 0.2) is 0 Å². The average molecular weight is 308 g/mol. The van der Waals surface area contributed by atoms with Crippen LogP contribution in [0.15, 0.2) is 18.2 Å². The van der Waals surface area contributed by atoms with Gasteiger partial charge in [0, 0.05) is 12.7 Å². The molecule has 1 atom stereocenters. The fraction of sp³-hybridized carbons (Fsp3) is 0.417. The largest absolute Gasteiger partial charge is 2.00 e. The van der Waals surface area contributed by atoms with E-state index in [-0.39, 0.29) is 44.0 Å². The van der Waals surface area contributed by atoms with Crippen LogP contribution in [0.5, 0.6) is 5.75 Å². The van der Waals surface area contributed by atoms with Crippen molar-refractivity contribution >= 4 is 5.97 Å². The molecule has 0 N–H and O–H groups in total. The standard InChI is InChI=1S/C12H15O3.ClH.Zn/c1-9(15-10(2)13)8-11-4-6-12(14-3)7-5-11;;/h4-6,9H,8H2,1-3H3;1H;/q-1;;+2/p-1. The zero-order valence-electron chi connectivity index (χ0n) is 10.3. The van der Waals surface area contributed by atoms with Crippen molar-refractivity contribution in [3.8, 4) is 5.75 Å². The average Bonchev–Trinajstić information content (AvgIpc) is 2.17. The van der Waals surface area contributed by atoms with Gasteiger partial charge in [0.1, 0.15) is 0 Å². The first-order valence-electron chi connectivity index (χ1n) is 4.83. The van der Waals surface area contributed by atoms with Crippen LogP contribution in [0.25, 0.3) is 0 Å². The molecule has 0 saturated heterocycles. The topological polar surface area (TPSA) is 35.5 Å². The number of esters is 1.